The number of hydrogen-bond donors (Lipinski definition) is 2. The number of rotatable bonds is 4. The molecule has 0 saturated heterocycles. The van der Waals surface area contributed by atoms with E-state index in [4.69, 9.17) is 9.47 Å². The summed E-state index contributed by atoms with van der Waals surface area (Å²) in [6.45, 7) is 1.68. The van der Waals surface area contributed by atoms with E-state index in [0.717, 1.165) is 23.2 Å². The van der Waals surface area contributed by atoms with Gasteiger partial charge in [0, 0.05) is 24.7 Å². The number of amides is 1. The SMILES string of the molecule is O=C(NCc1ccc(-c2ccn[nH]2)cc1)c1ccc2c(c1)OCCCO2. The first-order valence-corrected chi connectivity index (χ1v) is 8.56. The minimum atomic E-state index is -0.140. The van der Waals surface area contributed by atoms with Crippen LogP contribution in [0.25, 0.3) is 11.3 Å². The summed E-state index contributed by atoms with van der Waals surface area (Å²) < 4.78 is 11.2. The summed E-state index contributed by atoms with van der Waals surface area (Å²) in [4.78, 5) is 12.4. The fraction of sp³-hybridized carbons (Fsp3) is 0.200. The van der Waals surface area contributed by atoms with Crippen molar-refractivity contribution < 1.29 is 14.3 Å². The molecule has 4 rings (SSSR count). The molecule has 6 nitrogen and oxygen atoms in total. The van der Waals surface area contributed by atoms with E-state index in [0.29, 0.717) is 36.8 Å². The Morgan fingerprint density at radius 1 is 1.04 bits per heavy atom. The Labute approximate surface area is 151 Å². The van der Waals surface area contributed by atoms with Gasteiger partial charge in [-0.25, -0.2) is 0 Å². The molecule has 1 aromatic heterocycles. The lowest BCUT2D eigenvalue weighted by molar-refractivity contribution is 0.0950. The van der Waals surface area contributed by atoms with E-state index in [1.54, 1.807) is 24.4 Å². The molecule has 0 aliphatic carbocycles. The van der Waals surface area contributed by atoms with Crippen molar-refractivity contribution in [2.24, 2.45) is 0 Å². The number of aromatic nitrogens is 2. The Bertz CT molecular complexity index is 889. The maximum absolute atomic E-state index is 12.4. The van der Waals surface area contributed by atoms with Crippen molar-refractivity contribution in [2.75, 3.05) is 13.2 Å². The predicted octanol–water partition coefficient (Wildman–Crippen LogP) is 3.17. The van der Waals surface area contributed by atoms with Crippen molar-refractivity contribution in [3.05, 3.63) is 65.9 Å². The lowest BCUT2D eigenvalue weighted by Crippen LogP contribution is -2.22. The first-order chi connectivity index (χ1) is 12.8. The second-order valence-electron chi connectivity index (χ2n) is 6.06. The minimum absolute atomic E-state index is 0.140. The van der Waals surface area contributed by atoms with Crippen LogP contribution in [-0.4, -0.2) is 29.3 Å². The number of benzene rings is 2. The molecule has 0 atom stereocenters. The van der Waals surface area contributed by atoms with Crippen molar-refractivity contribution >= 4 is 5.91 Å². The lowest BCUT2D eigenvalue weighted by Gasteiger charge is -2.10. The average molecular weight is 349 g/mol. The zero-order chi connectivity index (χ0) is 17.8. The molecule has 2 aromatic carbocycles. The molecule has 3 aromatic rings. The largest absolute Gasteiger partial charge is 0.490 e. The molecule has 2 heterocycles. The van der Waals surface area contributed by atoms with Gasteiger partial charge in [0.25, 0.3) is 5.91 Å². The number of H-pyrrole nitrogens is 1. The highest BCUT2D eigenvalue weighted by Gasteiger charge is 2.14. The lowest BCUT2D eigenvalue weighted by atomic mass is 10.1. The second kappa shape index (κ2) is 7.31. The molecule has 0 bridgehead atoms. The second-order valence-corrected chi connectivity index (χ2v) is 6.06. The van der Waals surface area contributed by atoms with Gasteiger partial charge in [-0.3, -0.25) is 9.89 Å². The van der Waals surface area contributed by atoms with Crippen molar-refractivity contribution in [1.82, 2.24) is 15.5 Å². The monoisotopic (exact) mass is 349 g/mol. The molecule has 1 aliphatic heterocycles. The number of aromatic amines is 1. The first kappa shape index (κ1) is 16.2. The van der Waals surface area contributed by atoms with Crippen LogP contribution < -0.4 is 14.8 Å². The summed E-state index contributed by atoms with van der Waals surface area (Å²) in [5, 5.41) is 9.82. The van der Waals surface area contributed by atoms with E-state index < -0.39 is 0 Å². The third-order valence-corrected chi connectivity index (χ3v) is 4.23. The van der Waals surface area contributed by atoms with Gasteiger partial charge in [0.1, 0.15) is 0 Å². The molecule has 0 fully saturated rings. The van der Waals surface area contributed by atoms with Gasteiger partial charge in [-0.05, 0) is 35.4 Å². The Hall–Kier alpha value is -3.28. The summed E-state index contributed by atoms with van der Waals surface area (Å²) in [6, 6.07) is 15.2. The molecule has 0 spiro atoms. The number of carbonyl (C=O) groups excluding carboxylic acids is 1. The normalized spacial score (nSPS) is 13.1. The number of ether oxygens (including phenoxy) is 2. The topological polar surface area (TPSA) is 76.2 Å². The van der Waals surface area contributed by atoms with Crippen LogP contribution in [0.1, 0.15) is 22.3 Å². The molecular formula is C20H19N3O3. The molecule has 0 unspecified atom stereocenters. The molecule has 2 N–H and O–H groups in total. The zero-order valence-electron chi connectivity index (χ0n) is 14.2. The number of nitrogens with one attached hydrogen (secondary N) is 2. The number of hydrogen-bond acceptors (Lipinski definition) is 4. The third kappa shape index (κ3) is 3.54. The maximum atomic E-state index is 12.4. The Balaban J connectivity index is 1.40. The predicted molar refractivity (Wildman–Crippen MR) is 97.2 cm³/mol. The highest BCUT2D eigenvalue weighted by molar-refractivity contribution is 5.94. The van der Waals surface area contributed by atoms with Crippen molar-refractivity contribution in [1.29, 1.82) is 0 Å². The molecule has 0 radical (unpaired) electrons. The van der Waals surface area contributed by atoms with Crippen LogP contribution in [0.3, 0.4) is 0 Å². The van der Waals surface area contributed by atoms with Gasteiger partial charge in [-0.15, -0.1) is 0 Å². The standard InChI is InChI=1S/C20H19N3O3/c24-20(16-6-7-18-19(12-16)26-11-1-10-25-18)21-13-14-2-4-15(5-3-14)17-8-9-22-23-17/h2-9,12H,1,10-11,13H2,(H,21,24)(H,22,23). The fourth-order valence-corrected chi connectivity index (χ4v) is 2.81. The van der Waals surface area contributed by atoms with E-state index in [1.807, 2.05) is 30.3 Å². The summed E-state index contributed by atoms with van der Waals surface area (Å²) in [5.74, 6) is 1.17. The van der Waals surface area contributed by atoms with Crippen LogP contribution in [-0.2, 0) is 6.54 Å². The molecule has 6 heteroatoms. The van der Waals surface area contributed by atoms with Crippen LogP contribution in [0.4, 0.5) is 0 Å². The fourth-order valence-electron chi connectivity index (χ4n) is 2.81. The number of nitrogens with zero attached hydrogens (tertiary/aromatic N) is 1. The van der Waals surface area contributed by atoms with E-state index in [9.17, 15) is 4.79 Å². The van der Waals surface area contributed by atoms with Crippen LogP contribution in [0.5, 0.6) is 11.5 Å². The van der Waals surface area contributed by atoms with Crippen molar-refractivity contribution in [2.45, 2.75) is 13.0 Å². The molecular weight excluding hydrogens is 330 g/mol. The van der Waals surface area contributed by atoms with Crippen LogP contribution in [0, 0.1) is 0 Å². The van der Waals surface area contributed by atoms with E-state index in [-0.39, 0.29) is 5.91 Å². The Morgan fingerprint density at radius 3 is 2.62 bits per heavy atom. The van der Waals surface area contributed by atoms with Gasteiger partial charge >= 0.3 is 0 Å². The highest BCUT2D eigenvalue weighted by Crippen LogP contribution is 2.30. The minimum Gasteiger partial charge on any atom is -0.490 e. The molecule has 0 saturated carbocycles. The van der Waals surface area contributed by atoms with Crippen LogP contribution in [0.2, 0.25) is 0 Å². The quantitative estimate of drug-likeness (QED) is 0.758. The zero-order valence-corrected chi connectivity index (χ0v) is 14.2. The van der Waals surface area contributed by atoms with E-state index in [1.165, 1.54) is 0 Å². The van der Waals surface area contributed by atoms with E-state index in [2.05, 4.69) is 15.5 Å². The van der Waals surface area contributed by atoms with Gasteiger partial charge in [-0.2, -0.15) is 5.10 Å². The summed E-state index contributed by atoms with van der Waals surface area (Å²) in [5.41, 5.74) is 3.60. The van der Waals surface area contributed by atoms with Gasteiger partial charge in [-0.1, -0.05) is 24.3 Å². The van der Waals surface area contributed by atoms with Gasteiger partial charge in [0.15, 0.2) is 11.5 Å². The van der Waals surface area contributed by atoms with Crippen LogP contribution >= 0.6 is 0 Å². The van der Waals surface area contributed by atoms with Crippen molar-refractivity contribution in [3.63, 3.8) is 0 Å². The van der Waals surface area contributed by atoms with Gasteiger partial charge in [0.2, 0.25) is 0 Å². The Morgan fingerprint density at radius 2 is 1.85 bits per heavy atom. The van der Waals surface area contributed by atoms with E-state index >= 15 is 0 Å². The highest BCUT2D eigenvalue weighted by atomic mass is 16.5. The maximum Gasteiger partial charge on any atom is 0.251 e. The third-order valence-electron chi connectivity index (χ3n) is 4.23. The molecule has 132 valence electrons. The summed E-state index contributed by atoms with van der Waals surface area (Å²) >= 11 is 0. The van der Waals surface area contributed by atoms with Crippen LogP contribution in [0.15, 0.2) is 54.7 Å². The van der Waals surface area contributed by atoms with Gasteiger partial charge < -0.3 is 14.8 Å². The van der Waals surface area contributed by atoms with Gasteiger partial charge in [0.05, 0.1) is 18.9 Å². The summed E-state index contributed by atoms with van der Waals surface area (Å²) in [7, 11) is 0. The number of fused-ring (bicyclic) bond motifs is 1. The number of carbonyl (C=O) groups is 1. The first-order valence-electron chi connectivity index (χ1n) is 8.56. The van der Waals surface area contributed by atoms with Crippen molar-refractivity contribution in [3.8, 4) is 22.8 Å². The molecule has 1 aliphatic rings. The Kier molecular flexibility index (Phi) is 4.55. The smallest absolute Gasteiger partial charge is 0.251 e. The molecule has 26 heavy (non-hydrogen) atoms. The average Bonchev–Trinajstić information content (AvgIpc) is 3.11. The summed E-state index contributed by atoms with van der Waals surface area (Å²) in [6.07, 6.45) is 2.56. The molecule has 1 amide bonds.